The molecule has 2 aromatic heterocycles. The molecule has 1 aliphatic carbocycles. The predicted octanol–water partition coefficient (Wildman–Crippen LogP) is 2.16. The number of carbonyl (C=O) groups is 2. The Kier molecular flexibility index (Phi) is 4.96. The van der Waals surface area contributed by atoms with Gasteiger partial charge in [0.2, 0.25) is 0 Å². The van der Waals surface area contributed by atoms with Gasteiger partial charge in [-0.15, -0.1) is 5.10 Å². The molecule has 2 amide bonds. The quantitative estimate of drug-likeness (QED) is 0.869. The van der Waals surface area contributed by atoms with E-state index in [0.29, 0.717) is 23.6 Å². The Hall–Kier alpha value is -2.64. The third-order valence-electron chi connectivity index (χ3n) is 5.59. The number of aryl methyl sites for hydroxylation is 1. The number of nitrogens with one attached hydrogen (secondary N) is 1. The molecule has 0 spiro atoms. The van der Waals surface area contributed by atoms with Gasteiger partial charge in [0.05, 0.1) is 30.6 Å². The van der Waals surface area contributed by atoms with Crippen LogP contribution in [-0.2, 0) is 6.54 Å². The van der Waals surface area contributed by atoms with Crippen LogP contribution in [0, 0.1) is 6.92 Å². The van der Waals surface area contributed by atoms with Crippen LogP contribution in [0.15, 0.2) is 22.9 Å². The van der Waals surface area contributed by atoms with Gasteiger partial charge in [-0.3, -0.25) is 9.59 Å². The highest BCUT2D eigenvalue weighted by Gasteiger charge is 2.31. The van der Waals surface area contributed by atoms with E-state index in [0.717, 1.165) is 32.2 Å². The Morgan fingerprint density at radius 2 is 2.07 bits per heavy atom. The van der Waals surface area contributed by atoms with Crippen molar-refractivity contribution in [2.24, 2.45) is 0 Å². The standard InChI is InChI=1S/C19H25N5O3/c1-13-16(8-10-27-13)19(26)24-9-4-7-15(24)11-23-12-17(21-22-23)18(25)20-14-5-2-3-6-14/h8,10,12,14-15H,2-7,9,11H2,1H3,(H,20,25)/t15-/m0/s1. The van der Waals surface area contributed by atoms with Crippen molar-refractivity contribution in [1.82, 2.24) is 25.2 Å². The number of aromatic nitrogens is 3. The van der Waals surface area contributed by atoms with Crippen LogP contribution in [-0.4, -0.2) is 50.3 Å². The molecule has 0 radical (unpaired) electrons. The molecule has 1 atom stereocenters. The van der Waals surface area contributed by atoms with Crippen molar-refractivity contribution in [3.63, 3.8) is 0 Å². The predicted molar refractivity (Wildman–Crippen MR) is 97.2 cm³/mol. The van der Waals surface area contributed by atoms with Gasteiger partial charge in [0.15, 0.2) is 5.69 Å². The van der Waals surface area contributed by atoms with E-state index in [-0.39, 0.29) is 23.9 Å². The SMILES string of the molecule is Cc1occc1C(=O)N1CCC[C@H]1Cn1cc(C(=O)NC2CCCC2)nn1. The molecule has 1 saturated heterocycles. The third kappa shape index (κ3) is 3.74. The molecule has 1 N–H and O–H groups in total. The topological polar surface area (TPSA) is 93.3 Å². The lowest BCUT2D eigenvalue weighted by Gasteiger charge is -2.24. The Labute approximate surface area is 157 Å². The lowest BCUT2D eigenvalue weighted by Crippen LogP contribution is -2.38. The van der Waals surface area contributed by atoms with Gasteiger partial charge in [0.25, 0.3) is 11.8 Å². The van der Waals surface area contributed by atoms with Gasteiger partial charge >= 0.3 is 0 Å². The Morgan fingerprint density at radius 3 is 2.81 bits per heavy atom. The second-order valence-electron chi connectivity index (χ2n) is 7.47. The third-order valence-corrected chi connectivity index (χ3v) is 5.59. The van der Waals surface area contributed by atoms with Crippen molar-refractivity contribution in [2.45, 2.75) is 64.1 Å². The summed E-state index contributed by atoms with van der Waals surface area (Å²) >= 11 is 0. The second-order valence-corrected chi connectivity index (χ2v) is 7.47. The minimum atomic E-state index is -0.165. The largest absolute Gasteiger partial charge is 0.469 e. The zero-order chi connectivity index (χ0) is 18.8. The Balaban J connectivity index is 1.39. The minimum absolute atomic E-state index is 0.0111. The van der Waals surface area contributed by atoms with E-state index in [4.69, 9.17) is 4.42 Å². The maximum Gasteiger partial charge on any atom is 0.273 e. The molecule has 27 heavy (non-hydrogen) atoms. The van der Waals surface area contributed by atoms with Crippen molar-refractivity contribution in [3.8, 4) is 0 Å². The highest BCUT2D eigenvalue weighted by Crippen LogP contribution is 2.23. The minimum Gasteiger partial charge on any atom is -0.469 e. The first-order valence-electron chi connectivity index (χ1n) is 9.68. The highest BCUT2D eigenvalue weighted by atomic mass is 16.3. The number of furan rings is 1. The molecule has 0 bridgehead atoms. The average Bonchev–Trinajstić information content (AvgIpc) is 3.42. The van der Waals surface area contributed by atoms with Crippen molar-refractivity contribution in [1.29, 1.82) is 0 Å². The summed E-state index contributed by atoms with van der Waals surface area (Å²) in [5.41, 5.74) is 0.945. The van der Waals surface area contributed by atoms with Crippen LogP contribution < -0.4 is 5.32 Å². The zero-order valence-corrected chi connectivity index (χ0v) is 15.6. The number of rotatable bonds is 5. The van der Waals surface area contributed by atoms with Crippen molar-refractivity contribution in [3.05, 3.63) is 35.5 Å². The fraction of sp³-hybridized carbons (Fsp3) is 0.579. The van der Waals surface area contributed by atoms with Crippen LogP contribution in [0.25, 0.3) is 0 Å². The summed E-state index contributed by atoms with van der Waals surface area (Å²) in [6.45, 7) is 3.05. The molecule has 1 aliphatic heterocycles. The van der Waals surface area contributed by atoms with Crippen LogP contribution in [0.1, 0.15) is 65.1 Å². The summed E-state index contributed by atoms with van der Waals surface area (Å²) in [7, 11) is 0. The smallest absolute Gasteiger partial charge is 0.273 e. The Bertz CT molecular complexity index is 821. The Morgan fingerprint density at radius 1 is 1.26 bits per heavy atom. The van der Waals surface area contributed by atoms with Gasteiger partial charge in [-0.05, 0) is 38.7 Å². The molecule has 2 aliphatic rings. The molecule has 0 unspecified atom stereocenters. The van der Waals surface area contributed by atoms with E-state index in [1.165, 1.54) is 12.8 Å². The fourth-order valence-corrected chi connectivity index (χ4v) is 4.09. The molecular formula is C19H25N5O3. The summed E-state index contributed by atoms with van der Waals surface area (Å²) in [6, 6.07) is 2.01. The fourth-order valence-electron chi connectivity index (χ4n) is 4.09. The molecule has 144 valence electrons. The first-order chi connectivity index (χ1) is 13.1. The van der Waals surface area contributed by atoms with E-state index in [1.807, 2.05) is 4.90 Å². The van der Waals surface area contributed by atoms with Crippen LogP contribution in [0.2, 0.25) is 0 Å². The number of hydrogen-bond acceptors (Lipinski definition) is 5. The first kappa shape index (κ1) is 17.8. The van der Waals surface area contributed by atoms with E-state index in [1.54, 1.807) is 30.1 Å². The maximum atomic E-state index is 12.8. The summed E-state index contributed by atoms with van der Waals surface area (Å²) < 4.78 is 6.93. The highest BCUT2D eigenvalue weighted by molar-refractivity contribution is 5.95. The van der Waals surface area contributed by atoms with Crippen LogP contribution >= 0.6 is 0 Å². The van der Waals surface area contributed by atoms with Crippen LogP contribution in [0.5, 0.6) is 0 Å². The number of hydrogen-bond donors (Lipinski definition) is 1. The summed E-state index contributed by atoms with van der Waals surface area (Å²) in [5.74, 6) is 0.460. The molecule has 2 aromatic rings. The van der Waals surface area contributed by atoms with Gasteiger partial charge < -0.3 is 14.6 Å². The summed E-state index contributed by atoms with van der Waals surface area (Å²) in [4.78, 5) is 27.0. The second kappa shape index (κ2) is 7.54. The van der Waals surface area contributed by atoms with Crippen LogP contribution in [0.3, 0.4) is 0 Å². The van der Waals surface area contributed by atoms with E-state index in [2.05, 4.69) is 15.6 Å². The van der Waals surface area contributed by atoms with Crippen LogP contribution in [0.4, 0.5) is 0 Å². The van der Waals surface area contributed by atoms with Crippen molar-refractivity contribution >= 4 is 11.8 Å². The molecule has 8 nitrogen and oxygen atoms in total. The number of nitrogens with zero attached hydrogens (tertiary/aromatic N) is 4. The lowest BCUT2D eigenvalue weighted by molar-refractivity contribution is 0.0719. The van der Waals surface area contributed by atoms with Gasteiger partial charge in [-0.25, -0.2) is 4.68 Å². The summed E-state index contributed by atoms with van der Waals surface area (Å²) in [6.07, 6.45) is 9.48. The number of amides is 2. The molecule has 8 heteroatoms. The van der Waals surface area contributed by atoms with E-state index in [9.17, 15) is 9.59 Å². The van der Waals surface area contributed by atoms with E-state index < -0.39 is 0 Å². The first-order valence-corrected chi connectivity index (χ1v) is 9.68. The molecule has 1 saturated carbocycles. The maximum absolute atomic E-state index is 12.8. The average molecular weight is 371 g/mol. The zero-order valence-electron chi connectivity index (χ0n) is 15.6. The molecular weight excluding hydrogens is 346 g/mol. The summed E-state index contributed by atoms with van der Waals surface area (Å²) in [5, 5.41) is 11.1. The molecule has 3 heterocycles. The van der Waals surface area contributed by atoms with Crippen molar-refractivity contribution in [2.75, 3.05) is 6.54 Å². The van der Waals surface area contributed by atoms with Gasteiger partial charge in [-0.2, -0.15) is 0 Å². The van der Waals surface area contributed by atoms with E-state index >= 15 is 0 Å². The van der Waals surface area contributed by atoms with Gasteiger partial charge in [0, 0.05) is 12.6 Å². The monoisotopic (exact) mass is 371 g/mol. The number of carbonyl (C=O) groups excluding carboxylic acids is 2. The molecule has 2 fully saturated rings. The lowest BCUT2D eigenvalue weighted by atomic mass is 10.2. The van der Waals surface area contributed by atoms with Gasteiger partial charge in [0.1, 0.15) is 5.76 Å². The molecule has 0 aromatic carbocycles. The molecule has 4 rings (SSSR count). The van der Waals surface area contributed by atoms with Crippen molar-refractivity contribution < 1.29 is 14.0 Å². The number of likely N-dealkylation sites (tertiary alicyclic amines) is 1. The van der Waals surface area contributed by atoms with Gasteiger partial charge in [-0.1, -0.05) is 18.1 Å². The normalized spacial score (nSPS) is 20.3.